The van der Waals surface area contributed by atoms with Crippen LogP contribution in [0.4, 0.5) is 5.69 Å². The molecule has 206 valence electrons. The predicted molar refractivity (Wildman–Crippen MR) is 151 cm³/mol. The number of benzene rings is 2. The van der Waals surface area contributed by atoms with Crippen molar-refractivity contribution in [3.05, 3.63) is 77.6 Å². The van der Waals surface area contributed by atoms with Crippen molar-refractivity contribution >= 4 is 29.0 Å². The Morgan fingerprint density at radius 2 is 1.48 bits per heavy atom. The molecule has 0 bridgehead atoms. The molecule has 3 aliphatic rings. The summed E-state index contributed by atoms with van der Waals surface area (Å²) in [5.41, 5.74) is 3.24. The molecule has 1 aromatic heterocycles. The third kappa shape index (κ3) is 4.83. The van der Waals surface area contributed by atoms with E-state index >= 15 is 0 Å². The fourth-order valence-electron chi connectivity index (χ4n) is 6.40. The van der Waals surface area contributed by atoms with E-state index in [4.69, 9.17) is 4.52 Å². The van der Waals surface area contributed by atoms with Gasteiger partial charge in [-0.25, -0.2) is 0 Å². The largest absolute Gasteiger partial charge is 0.507 e. The highest BCUT2D eigenvalue weighted by molar-refractivity contribution is 6.51. The van der Waals surface area contributed by atoms with E-state index in [9.17, 15) is 19.5 Å². The third-order valence-electron chi connectivity index (χ3n) is 8.51. The minimum Gasteiger partial charge on any atom is -0.507 e. The minimum atomic E-state index is -0.679. The molecule has 8 nitrogen and oxygen atoms in total. The van der Waals surface area contributed by atoms with Crippen LogP contribution in [0.2, 0.25) is 0 Å². The van der Waals surface area contributed by atoms with Crippen molar-refractivity contribution in [2.75, 3.05) is 18.0 Å². The number of carbonyl (C=O) groups excluding carboxylic acids is 3. The van der Waals surface area contributed by atoms with Gasteiger partial charge in [0.25, 0.3) is 17.6 Å². The van der Waals surface area contributed by atoms with Gasteiger partial charge in [0, 0.05) is 41.5 Å². The highest BCUT2D eigenvalue weighted by atomic mass is 16.5. The number of ketones is 1. The maximum Gasteiger partial charge on any atom is 0.299 e. The molecule has 2 aromatic carbocycles. The first-order chi connectivity index (χ1) is 19.5. The molecule has 3 aromatic rings. The Hall–Kier alpha value is -4.20. The number of piperidine rings is 1. The van der Waals surface area contributed by atoms with Crippen molar-refractivity contribution in [2.24, 2.45) is 5.92 Å². The average molecular weight is 540 g/mol. The van der Waals surface area contributed by atoms with Crippen molar-refractivity contribution in [1.82, 2.24) is 10.1 Å². The van der Waals surface area contributed by atoms with E-state index in [1.165, 1.54) is 6.26 Å². The smallest absolute Gasteiger partial charge is 0.299 e. The number of hydrogen-bond acceptors (Lipinski definition) is 6. The van der Waals surface area contributed by atoms with Crippen molar-refractivity contribution < 1.29 is 24.0 Å². The number of likely N-dealkylation sites (tertiary alicyclic amines) is 1. The number of aliphatic hydroxyl groups excluding tert-OH is 1. The molecule has 3 heterocycles. The van der Waals surface area contributed by atoms with Gasteiger partial charge in [0.05, 0.1) is 11.6 Å². The van der Waals surface area contributed by atoms with Gasteiger partial charge in [-0.3, -0.25) is 19.3 Å². The zero-order valence-electron chi connectivity index (χ0n) is 22.4. The van der Waals surface area contributed by atoms with Gasteiger partial charge in [-0.05, 0) is 62.3 Å². The number of aromatic nitrogens is 1. The summed E-state index contributed by atoms with van der Waals surface area (Å²) in [6.07, 6.45) is 9.56. The van der Waals surface area contributed by atoms with E-state index < -0.39 is 17.7 Å². The molecule has 2 amide bonds. The van der Waals surface area contributed by atoms with Gasteiger partial charge in [0.2, 0.25) is 0 Å². The number of nitrogens with zero attached hydrogens (tertiary/aromatic N) is 3. The molecule has 3 fully saturated rings. The lowest BCUT2D eigenvalue weighted by Gasteiger charge is -2.34. The van der Waals surface area contributed by atoms with Crippen LogP contribution in [0, 0.1) is 5.92 Å². The summed E-state index contributed by atoms with van der Waals surface area (Å²) in [7, 11) is 0. The van der Waals surface area contributed by atoms with Crippen LogP contribution in [0.1, 0.15) is 67.3 Å². The monoisotopic (exact) mass is 539 g/mol. The fourth-order valence-corrected chi connectivity index (χ4v) is 6.40. The Morgan fingerprint density at radius 1 is 0.825 bits per heavy atom. The lowest BCUT2D eigenvalue weighted by Crippen LogP contribution is -2.40. The van der Waals surface area contributed by atoms with Gasteiger partial charge in [-0.2, -0.15) is 0 Å². The molecular formula is C32H33N3O5. The molecule has 0 radical (unpaired) electrons. The molecule has 2 saturated heterocycles. The summed E-state index contributed by atoms with van der Waals surface area (Å²) in [6, 6.07) is 15.3. The fraction of sp³-hybridized carbons (Fsp3) is 0.375. The summed E-state index contributed by atoms with van der Waals surface area (Å²) in [6.45, 7) is 1.51. The normalized spacial score (nSPS) is 21.6. The van der Waals surface area contributed by atoms with E-state index in [2.05, 4.69) is 5.16 Å². The predicted octanol–water partition coefficient (Wildman–Crippen LogP) is 5.80. The first-order valence-electron chi connectivity index (χ1n) is 14.2. The van der Waals surface area contributed by atoms with Crippen LogP contribution in [0.15, 0.2) is 71.0 Å². The molecule has 2 aliphatic heterocycles. The standard InChI is InChI=1S/C32H33N3O5/c36-29(23-9-11-24(12-10-23)31(38)34-18-5-2-6-19-34)27-28(22-7-3-1-4-8-22)35(32(39)30(27)37)25-15-13-21(14-16-25)26-17-20-40-33-26/h9-17,20,22,28,36H,1-8,18-19H2/b29-27-. The van der Waals surface area contributed by atoms with Gasteiger partial charge in [0.15, 0.2) is 0 Å². The number of Topliss-reactive ketones (excluding diaryl/α,β-unsaturated/α-hetero) is 1. The summed E-state index contributed by atoms with van der Waals surface area (Å²) in [4.78, 5) is 43.3. The van der Waals surface area contributed by atoms with Gasteiger partial charge in [-0.1, -0.05) is 48.7 Å². The SMILES string of the molecule is O=C1C(=O)N(c2ccc(-c3ccon3)cc2)C(C2CCCCC2)/C1=C(/O)c1ccc(C(=O)N2CCCCC2)cc1. The topological polar surface area (TPSA) is 104 Å². The maximum atomic E-state index is 13.5. The summed E-state index contributed by atoms with van der Waals surface area (Å²) in [5, 5.41) is 15.5. The van der Waals surface area contributed by atoms with Gasteiger partial charge >= 0.3 is 0 Å². The highest BCUT2D eigenvalue weighted by Gasteiger charge is 2.49. The van der Waals surface area contributed by atoms with Crippen LogP contribution in [0.25, 0.3) is 17.0 Å². The molecule has 1 atom stereocenters. The van der Waals surface area contributed by atoms with Crippen LogP contribution >= 0.6 is 0 Å². The average Bonchev–Trinajstić information content (AvgIpc) is 3.64. The van der Waals surface area contributed by atoms with E-state index in [0.29, 0.717) is 22.5 Å². The first kappa shape index (κ1) is 26.0. The van der Waals surface area contributed by atoms with Gasteiger partial charge < -0.3 is 14.5 Å². The molecule has 1 saturated carbocycles. The minimum absolute atomic E-state index is 0.0224. The lowest BCUT2D eigenvalue weighted by atomic mass is 9.80. The summed E-state index contributed by atoms with van der Waals surface area (Å²) < 4.78 is 4.95. The van der Waals surface area contributed by atoms with Crippen molar-refractivity contribution in [3.8, 4) is 11.3 Å². The molecule has 6 rings (SSSR count). The third-order valence-corrected chi connectivity index (χ3v) is 8.51. The van der Waals surface area contributed by atoms with Gasteiger partial charge in [-0.15, -0.1) is 0 Å². The Kier molecular flexibility index (Phi) is 7.24. The number of rotatable bonds is 5. The Morgan fingerprint density at radius 3 is 2.12 bits per heavy atom. The van der Waals surface area contributed by atoms with Crippen LogP contribution in [0.5, 0.6) is 0 Å². The molecular weight excluding hydrogens is 506 g/mol. The van der Waals surface area contributed by atoms with E-state index in [1.54, 1.807) is 35.2 Å². The Bertz CT molecular complexity index is 1410. The van der Waals surface area contributed by atoms with Crippen molar-refractivity contribution in [1.29, 1.82) is 0 Å². The number of anilines is 1. The number of carbonyl (C=O) groups is 3. The van der Waals surface area contributed by atoms with E-state index in [0.717, 1.165) is 70.0 Å². The van der Waals surface area contributed by atoms with Crippen molar-refractivity contribution in [2.45, 2.75) is 57.4 Å². The van der Waals surface area contributed by atoms with Crippen LogP contribution in [-0.4, -0.2) is 51.9 Å². The maximum absolute atomic E-state index is 13.5. The Labute approximate surface area is 233 Å². The Balaban J connectivity index is 1.34. The van der Waals surface area contributed by atoms with Gasteiger partial charge in [0.1, 0.15) is 17.7 Å². The zero-order chi connectivity index (χ0) is 27.6. The zero-order valence-corrected chi connectivity index (χ0v) is 22.4. The van der Waals surface area contributed by atoms with Crippen LogP contribution in [-0.2, 0) is 9.59 Å². The number of amides is 2. The highest BCUT2D eigenvalue weighted by Crippen LogP contribution is 2.41. The van der Waals surface area contributed by atoms with Crippen LogP contribution in [0.3, 0.4) is 0 Å². The number of aliphatic hydroxyl groups is 1. The summed E-state index contributed by atoms with van der Waals surface area (Å²) >= 11 is 0. The second-order valence-electron chi connectivity index (χ2n) is 11.0. The molecule has 1 unspecified atom stereocenters. The first-order valence-corrected chi connectivity index (χ1v) is 14.2. The van der Waals surface area contributed by atoms with Crippen molar-refractivity contribution in [3.63, 3.8) is 0 Å². The van der Waals surface area contributed by atoms with E-state index in [1.807, 2.05) is 29.2 Å². The quantitative estimate of drug-likeness (QED) is 0.250. The lowest BCUT2D eigenvalue weighted by molar-refractivity contribution is -0.132. The second-order valence-corrected chi connectivity index (χ2v) is 11.0. The molecule has 1 aliphatic carbocycles. The number of hydrogen-bond donors (Lipinski definition) is 1. The second kappa shape index (κ2) is 11.1. The molecule has 40 heavy (non-hydrogen) atoms. The molecule has 0 spiro atoms. The summed E-state index contributed by atoms with van der Waals surface area (Å²) in [5.74, 6) is -1.47. The van der Waals surface area contributed by atoms with E-state index in [-0.39, 0.29) is 23.2 Å². The molecule has 1 N–H and O–H groups in total. The van der Waals surface area contributed by atoms with Crippen LogP contribution < -0.4 is 4.90 Å². The molecule has 8 heteroatoms.